The number of rotatable bonds is 2. The molecule has 0 bridgehead atoms. The number of hydrogen-bond donors (Lipinski definition) is 0. The van der Waals surface area contributed by atoms with Gasteiger partial charge in [0.1, 0.15) is 5.15 Å². The molecular formula is C9H12ClN. The molecular weight excluding hydrogens is 158 g/mol. The lowest BCUT2D eigenvalue weighted by Gasteiger charge is -2.06. The van der Waals surface area contributed by atoms with Crippen molar-refractivity contribution in [1.82, 2.24) is 4.98 Å². The first-order valence-electron chi connectivity index (χ1n) is 3.85. The summed E-state index contributed by atoms with van der Waals surface area (Å²) in [6, 6.07) is 3.87. The van der Waals surface area contributed by atoms with Crippen LogP contribution in [0.15, 0.2) is 18.3 Å². The highest BCUT2D eigenvalue weighted by molar-refractivity contribution is 6.29. The van der Waals surface area contributed by atoms with Gasteiger partial charge in [0.05, 0.1) is 0 Å². The molecule has 2 heteroatoms. The van der Waals surface area contributed by atoms with Gasteiger partial charge in [-0.25, -0.2) is 4.98 Å². The molecule has 1 aromatic heterocycles. The molecule has 1 heterocycles. The number of hydrogen-bond acceptors (Lipinski definition) is 1. The minimum absolute atomic E-state index is 0.567. The van der Waals surface area contributed by atoms with Gasteiger partial charge in [-0.2, -0.15) is 0 Å². The molecule has 0 radical (unpaired) electrons. The van der Waals surface area contributed by atoms with Crippen molar-refractivity contribution in [3.05, 3.63) is 29.0 Å². The van der Waals surface area contributed by atoms with Crippen LogP contribution < -0.4 is 0 Å². The molecule has 1 aromatic rings. The minimum atomic E-state index is 0.567. The Bertz CT molecular complexity index is 218. The Labute approximate surface area is 72.4 Å². The van der Waals surface area contributed by atoms with E-state index in [-0.39, 0.29) is 0 Å². The molecule has 1 unspecified atom stereocenters. The Morgan fingerprint density at radius 3 is 2.73 bits per heavy atom. The number of nitrogens with zero attached hydrogens (tertiary/aromatic N) is 1. The molecule has 0 fully saturated rings. The zero-order valence-electron chi connectivity index (χ0n) is 6.84. The SMILES string of the molecule is CCC(C)c1ccc(Cl)nc1. The molecule has 1 rings (SSSR count). The Hall–Kier alpha value is -0.560. The molecule has 11 heavy (non-hydrogen) atoms. The maximum Gasteiger partial charge on any atom is 0.129 e. The van der Waals surface area contributed by atoms with E-state index in [9.17, 15) is 0 Å². The Kier molecular flexibility index (Phi) is 2.89. The summed E-state index contributed by atoms with van der Waals surface area (Å²) in [5, 5.41) is 0.567. The second-order valence-electron chi connectivity index (χ2n) is 2.72. The summed E-state index contributed by atoms with van der Waals surface area (Å²) >= 11 is 5.65. The zero-order chi connectivity index (χ0) is 8.27. The topological polar surface area (TPSA) is 12.9 Å². The van der Waals surface area contributed by atoms with Crippen LogP contribution in [0.3, 0.4) is 0 Å². The summed E-state index contributed by atoms with van der Waals surface area (Å²) in [6.07, 6.45) is 2.99. The third-order valence-corrected chi connectivity index (χ3v) is 2.16. The van der Waals surface area contributed by atoms with E-state index in [0.717, 1.165) is 6.42 Å². The second-order valence-corrected chi connectivity index (χ2v) is 3.11. The predicted molar refractivity (Wildman–Crippen MR) is 48.0 cm³/mol. The van der Waals surface area contributed by atoms with Gasteiger partial charge in [-0.05, 0) is 24.0 Å². The fraction of sp³-hybridized carbons (Fsp3) is 0.444. The summed E-state index contributed by atoms with van der Waals surface area (Å²) in [7, 11) is 0. The Balaban J connectivity index is 2.81. The van der Waals surface area contributed by atoms with Gasteiger partial charge in [-0.3, -0.25) is 0 Å². The summed E-state index contributed by atoms with van der Waals surface area (Å²) in [4.78, 5) is 4.01. The summed E-state index contributed by atoms with van der Waals surface area (Å²) < 4.78 is 0. The smallest absolute Gasteiger partial charge is 0.129 e. The van der Waals surface area contributed by atoms with E-state index in [1.807, 2.05) is 18.3 Å². The van der Waals surface area contributed by atoms with E-state index < -0.39 is 0 Å². The lowest BCUT2D eigenvalue weighted by atomic mass is 10.0. The number of aromatic nitrogens is 1. The lowest BCUT2D eigenvalue weighted by molar-refractivity contribution is 0.729. The van der Waals surface area contributed by atoms with E-state index in [1.54, 1.807) is 0 Å². The van der Waals surface area contributed by atoms with Crippen molar-refractivity contribution < 1.29 is 0 Å². The minimum Gasteiger partial charge on any atom is -0.244 e. The third kappa shape index (κ3) is 2.19. The van der Waals surface area contributed by atoms with E-state index in [0.29, 0.717) is 11.1 Å². The Morgan fingerprint density at radius 2 is 2.27 bits per heavy atom. The zero-order valence-corrected chi connectivity index (χ0v) is 7.60. The molecule has 0 spiro atoms. The average Bonchev–Trinajstić information content (AvgIpc) is 2.05. The van der Waals surface area contributed by atoms with Crippen LogP contribution >= 0.6 is 11.6 Å². The van der Waals surface area contributed by atoms with E-state index in [1.165, 1.54) is 5.56 Å². The highest BCUT2D eigenvalue weighted by atomic mass is 35.5. The molecule has 1 nitrogen and oxygen atoms in total. The first-order chi connectivity index (χ1) is 5.24. The standard InChI is InChI=1S/C9H12ClN/c1-3-7(2)8-4-5-9(10)11-6-8/h4-7H,3H2,1-2H3. The molecule has 0 saturated carbocycles. The lowest BCUT2D eigenvalue weighted by Crippen LogP contribution is -1.91. The van der Waals surface area contributed by atoms with Crippen molar-refractivity contribution in [2.75, 3.05) is 0 Å². The van der Waals surface area contributed by atoms with Gasteiger partial charge in [0, 0.05) is 6.20 Å². The van der Waals surface area contributed by atoms with Crippen LogP contribution in [-0.4, -0.2) is 4.98 Å². The average molecular weight is 170 g/mol. The fourth-order valence-electron chi connectivity index (χ4n) is 0.914. The van der Waals surface area contributed by atoms with Gasteiger partial charge >= 0.3 is 0 Å². The number of pyridine rings is 1. The first kappa shape index (κ1) is 8.54. The maximum atomic E-state index is 5.65. The van der Waals surface area contributed by atoms with Gasteiger partial charge < -0.3 is 0 Å². The van der Waals surface area contributed by atoms with Gasteiger partial charge in [0.15, 0.2) is 0 Å². The number of halogens is 1. The van der Waals surface area contributed by atoms with Crippen molar-refractivity contribution in [1.29, 1.82) is 0 Å². The van der Waals surface area contributed by atoms with Crippen molar-refractivity contribution in [3.63, 3.8) is 0 Å². The van der Waals surface area contributed by atoms with Crippen LogP contribution in [-0.2, 0) is 0 Å². The van der Waals surface area contributed by atoms with Crippen molar-refractivity contribution in [2.45, 2.75) is 26.2 Å². The fourth-order valence-corrected chi connectivity index (χ4v) is 1.03. The van der Waals surface area contributed by atoms with E-state index in [2.05, 4.69) is 18.8 Å². The monoisotopic (exact) mass is 169 g/mol. The Morgan fingerprint density at radius 1 is 1.55 bits per heavy atom. The highest BCUT2D eigenvalue weighted by Crippen LogP contribution is 2.18. The maximum absolute atomic E-state index is 5.65. The van der Waals surface area contributed by atoms with Crippen molar-refractivity contribution in [2.24, 2.45) is 0 Å². The molecule has 0 saturated heterocycles. The molecule has 0 aromatic carbocycles. The van der Waals surface area contributed by atoms with Gasteiger partial charge in [-0.1, -0.05) is 31.5 Å². The molecule has 0 aliphatic heterocycles. The summed E-state index contributed by atoms with van der Waals surface area (Å²) in [5.74, 6) is 0.583. The molecule has 0 aliphatic rings. The molecule has 0 amide bonds. The van der Waals surface area contributed by atoms with Crippen LogP contribution in [0.25, 0.3) is 0 Å². The van der Waals surface area contributed by atoms with Crippen LogP contribution in [0.4, 0.5) is 0 Å². The van der Waals surface area contributed by atoms with Gasteiger partial charge in [0.2, 0.25) is 0 Å². The highest BCUT2D eigenvalue weighted by Gasteiger charge is 2.01. The van der Waals surface area contributed by atoms with Crippen LogP contribution in [0, 0.1) is 0 Å². The van der Waals surface area contributed by atoms with E-state index >= 15 is 0 Å². The van der Waals surface area contributed by atoms with Crippen molar-refractivity contribution in [3.8, 4) is 0 Å². The van der Waals surface area contributed by atoms with Gasteiger partial charge in [-0.15, -0.1) is 0 Å². The third-order valence-electron chi connectivity index (χ3n) is 1.93. The molecule has 0 aliphatic carbocycles. The predicted octanol–water partition coefficient (Wildman–Crippen LogP) is 3.25. The molecule has 1 atom stereocenters. The van der Waals surface area contributed by atoms with Crippen LogP contribution in [0.1, 0.15) is 31.7 Å². The molecule has 0 N–H and O–H groups in total. The first-order valence-corrected chi connectivity index (χ1v) is 4.23. The van der Waals surface area contributed by atoms with Crippen LogP contribution in [0.5, 0.6) is 0 Å². The van der Waals surface area contributed by atoms with Gasteiger partial charge in [0.25, 0.3) is 0 Å². The van der Waals surface area contributed by atoms with Crippen molar-refractivity contribution >= 4 is 11.6 Å². The summed E-state index contributed by atoms with van der Waals surface area (Å²) in [6.45, 7) is 4.35. The quantitative estimate of drug-likeness (QED) is 0.620. The normalized spacial score (nSPS) is 13.0. The molecule has 60 valence electrons. The van der Waals surface area contributed by atoms with E-state index in [4.69, 9.17) is 11.6 Å². The largest absolute Gasteiger partial charge is 0.244 e. The van der Waals surface area contributed by atoms with Crippen LogP contribution in [0.2, 0.25) is 5.15 Å². The summed E-state index contributed by atoms with van der Waals surface area (Å²) in [5.41, 5.74) is 1.26. The second kappa shape index (κ2) is 3.72.